The van der Waals surface area contributed by atoms with E-state index in [0.29, 0.717) is 25.2 Å². The van der Waals surface area contributed by atoms with Crippen LogP contribution in [0.1, 0.15) is 30.6 Å². The molecule has 0 bridgehead atoms. The van der Waals surface area contributed by atoms with Gasteiger partial charge in [-0.05, 0) is 44.5 Å². The van der Waals surface area contributed by atoms with Crippen LogP contribution in [0.5, 0.6) is 0 Å². The van der Waals surface area contributed by atoms with Crippen LogP contribution in [0.25, 0.3) is 0 Å². The molecule has 1 fully saturated rings. The Labute approximate surface area is 159 Å². The Morgan fingerprint density at radius 1 is 1.04 bits per heavy atom. The van der Waals surface area contributed by atoms with Crippen LogP contribution in [0.2, 0.25) is 0 Å². The molecular weight excluding hydrogens is 351 g/mol. The lowest BCUT2D eigenvalue weighted by atomic mass is 10.2. The van der Waals surface area contributed by atoms with Gasteiger partial charge in [0.25, 0.3) is 5.91 Å². The molecule has 150 valence electrons. The fourth-order valence-corrected chi connectivity index (χ4v) is 3.09. The lowest BCUT2D eigenvalue weighted by Gasteiger charge is -2.35. The number of rotatable bonds is 8. The molecule has 0 saturated carbocycles. The zero-order valence-corrected chi connectivity index (χ0v) is 16.0. The molecule has 3 N–H and O–H groups in total. The van der Waals surface area contributed by atoms with Crippen LogP contribution >= 0.6 is 0 Å². The van der Waals surface area contributed by atoms with E-state index < -0.39 is 0 Å². The van der Waals surface area contributed by atoms with Gasteiger partial charge in [-0.2, -0.15) is 0 Å². The van der Waals surface area contributed by atoms with Gasteiger partial charge in [0.1, 0.15) is 5.82 Å². The molecule has 27 heavy (non-hydrogen) atoms. The summed E-state index contributed by atoms with van der Waals surface area (Å²) in [6.07, 6.45) is 1.36. The Balaban J connectivity index is 1.51. The summed E-state index contributed by atoms with van der Waals surface area (Å²) in [5.41, 5.74) is 0.382. The quantitative estimate of drug-likeness (QED) is 0.595. The van der Waals surface area contributed by atoms with Gasteiger partial charge in [-0.1, -0.05) is 0 Å². The van der Waals surface area contributed by atoms with E-state index in [1.54, 1.807) is 0 Å². The topological polar surface area (TPSA) is 82.7 Å². The average molecular weight is 380 g/mol. The van der Waals surface area contributed by atoms with Gasteiger partial charge in [0.2, 0.25) is 0 Å². The van der Waals surface area contributed by atoms with Crippen molar-refractivity contribution in [2.24, 2.45) is 0 Å². The van der Waals surface area contributed by atoms with E-state index in [1.165, 1.54) is 24.3 Å². The van der Waals surface area contributed by atoms with Crippen molar-refractivity contribution in [3.05, 3.63) is 35.6 Å². The van der Waals surface area contributed by atoms with Crippen LogP contribution < -0.4 is 16.0 Å². The van der Waals surface area contributed by atoms with Crippen molar-refractivity contribution >= 4 is 11.9 Å². The third-order valence-corrected chi connectivity index (χ3v) is 4.23. The van der Waals surface area contributed by atoms with Crippen molar-refractivity contribution in [3.63, 3.8) is 0 Å². The second-order valence-electron chi connectivity index (χ2n) is 6.82. The number of carbonyl (C=O) groups excluding carboxylic acids is 2. The molecule has 0 aromatic heterocycles. The number of nitrogens with zero attached hydrogens (tertiary/aromatic N) is 1. The Morgan fingerprint density at radius 2 is 1.63 bits per heavy atom. The van der Waals surface area contributed by atoms with Crippen LogP contribution in [0, 0.1) is 5.82 Å². The van der Waals surface area contributed by atoms with Crippen molar-refractivity contribution in [3.8, 4) is 0 Å². The minimum atomic E-state index is -0.387. The molecular formula is C19H29FN4O3. The zero-order valence-electron chi connectivity index (χ0n) is 16.0. The van der Waals surface area contributed by atoms with Gasteiger partial charge < -0.3 is 20.7 Å². The summed E-state index contributed by atoms with van der Waals surface area (Å²) in [4.78, 5) is 25.9. The average Bonchev–Trinajstić information content (AvgIpc) is 2.62. The Bertz CT molecular complexity index is 601. The molecule has 7 nitrogen and oxygen atoms in total. The Hall–Kier alpha value is -2.19. The van der Waals surface area contributed by atoms with Crippen LogP contribution in [0.3, 0.4) is 0 Å². The minimum absolute atomic E-state index is 0.245. The highest BCUT2D eigenvalue weighted by Gasteiger charge is 2.21. The number of benzene rings is 1. The van der Waals surface area contributed by atoms with Gasteiger partial charge in [-0.3, -0.25) is 9.69 Å². The number of carbonyl (C=O) groups is 2. The molecule has 1 saturated heterocycles. The summed E-state index contributed by atoms with van der Waals surface area (Å²) in [6, 6.07) is 5.05. The van der Waals surface area contributed by atoms with E-state index in [2.05, 4.69) is 34.7 Å². The number of urea groups is 1. The van der Waals surface area contributed by atoms with Crippen LogP contribution in [-0.4, -0.2) is 68.3 Å². The standard InChI is InChI=1S/C19H29FN4O3/c1-14-12-24(13-15(2)27-14)11-3-8-22-19(26)23-10-9-21-18(25)16-4-6-17(20)7-5-16/h4-7,14-15H,3,8-13H2,1-2H3,(H,21,25)(H2,22,23,26)/t14-,15+. The van der Waals surface area contributed by atoms with Gasteiger partial charge in [-0.25, -0.2) is 9.18 Å². The first-order valence-corrected chi connectivity index (χ1v) is 9.37. The third-order valence-electron chi connectivity index (χ3n) is 4.23. The van der Waals surface area contributed by atoms with Crippen LogP contribution in [0.15, 0.2) is 24.3 Å². The van der Waals surface area contributed by atoms with Crippen molar-refractivity contribution in [1.29, 1.82) is 0 Å². The zero-order chi connectivity index (χ0) is 19.6. The second-order valence-corrected chi connectivity index (χ2v) is 6.82. The normalized spacial score (nSPS) is 20.1. The lowest BCUT2D eigenvalue weighted by Crippen LogP contribution is -2.46. The molecule has 0 spiro atoms. The summed E-state index contributed by atoms with van der Waals surface area (Å²) in [5, 5.41) is 8.17. The summed E-state index contributed by atoms with van der Waals surface area (Å²) in [7, 11) is 0. The molecule has 2 atom stereocenters. The van der Waals surface area contributed by atoms with E-state index >= 15 is 0 Å². The van der Waals surface area contributed by atoms with Gasteiger partial charge in [-0.15, -0.1) is 0 Å². The summed E-state index contributed by atoms with van der Waals surface area (Å²) >= 11 is 0. The van der Waals surface area contributed by atoms with Crippen molar-refractivity contribution in [2.45, 2.75) is 32.5 Å². The highest BCUT2D eigenvalue weighted by Crippen LogP contribution is 2.10. The van der Waals surface area contributed by atoms with Gasteiger partial charge in [0.15, 0.2) is 0 Å². The van der Waals surface area contributed by atoms with Gasteiger partial charge >= 0.3 is 6.03 Å². The number of ether oxygens (including phenoxy) is 1. The predicted molar refractivity (Wildman–Crippen MR) is 101 cm³/mol. The van der Waals surface area contributed by atoms with E-state index in [0.717, 1.165) is 26.1 Å². The Kier molecular flexibility index (Phi) is 8.47. The molecule has 8 heteroatoms. The molecule has 0 radical (unpaired) electrons. The van der Waals surface area contributed by atoms with E-state index in [1.807, 2.05) is 0 Å². The fourth-order valence-electron chi connectivity index (χ4n) is 3.09. The maximum Gasteiger partial charge on any atom is 0.314 e. The first kappa shape index (κ1) is 21.1. The number of amides is 3. The third kappa shape index (κ3) is 7.92. The predicted octanol–water partition coefficient (Wildman–Crippen LogP) is 1.35. The SMILES string of the molecule is C[C@@H]1CN(CCCNC(=O)NCCNC(=O)c2ccc(F)cc2)C[C@H](C)O1. The monoisotopic (exact) mass is 380 g/mol. The Morgan fingerprint density at radius 3 is 2.30 bits per heavy atom. The molecule has 3 amide bonds. The molecule has 1 aliphatic rings. The number of halogens is 1. The van der Waals surface area contributed by atoms with Crippen molar-refractivity contribution in [1.82, 2.24) is 20.9 Å². The molecule has 1 aromatic carbocycles. The summed E-state index contributed by atoms with van der Waals surface area (Å²) < 4.78 is 18.5. The molecule has 1 aromatic rings. The molecule has 1 aliphatic heterocycles. The number of morpholine rings is 1. The second kappa shape index (κ2) is 10.8. The van der Waals surface area contributed by atoms with Crippen LogP contribution in [0.4, 0.5) is 9.18 Å². The molecule has 0 aliphatic carbocycles. The maximum atomic E-state index is 12.8. The minimum Gasteiger partial charge on any atom is -0.373 e. The summed E-state index contributed by atoms with van der Waals surface area (Å²) in [6.45, 7) is 8.12. The largest absolute Gasteiger partial charge is 0.373 e. The van der Waals surface area contributed by atoms with E-state index in [-0.39, 0.29) is 30.0 Å². The number of hydrogen-bond donors (Lipinski definition) is 3. The highest BCUT2D eigenvalue weighted by molar-refractivity contribution is 5.94. The van der Waals surface area contributed by atoms with Gasteiger partial charge in [0.05, 0.1) is 12.2 Å². The number of nitrogens with one attached hydrogen (secondary N) is 3. The lowest BCUT2D eigenvalue weighted by molar-refractivity contribution is -0.0679. The molecule has 2 rings (SSSR count). The summed E-state index contributed by atoms with van der Waals surface area (Å²) in [5.74, 6) is -0.686. The number of hydrogen-bond acceptors (Lipinski definition) is 4. The van der Waals surface area contributed by atoms with Crippen molar-refractivity contribution in [2.75, 3.05) is 39.3 Å². The van der Waals surface area contributed by atoms with Gasteiger partial charge in [0, 0.05) is 44.8 Å². The first-order chi connectivity index (χ1) is 12.9. The molecule has 0 unspecified atom stereocenters. The smallest absolute Gasteiger partial charge is 0.314 e. The highest BCUT2D eigenvalue weighted by atomic mass is 19.1. The van der Waals surface area contributed by atoms with Crippen LogP contribution in [-0.2, 0) is 4.74 Å². The molecule has 1 heterocycles. The van der Waals surface area contributed by atoms with E-state index in [9.17, 15) is 14.0 Å². The fraction of sp³-hybridized carbons (Fsp3) is 0.579. The van der Waals surface area contributed by atoms with E-state index in [4.69, 9.17) is 4.74 Å². The first-order valence-electron chi connectivity index (χ1n) is 9.37. The van der Waals surface area contributed by atoms with Crippen molar-refractivity contribution < 1.29 is 18.7 Å². The maximum absolute atomic E-state index is 12.8.